The summed E-state index contributed by atoms with van der Waals surface area (Å²) in [6, 6.07) is 0. The molecule has 0 aromatic carbocycles. The molecule has 0 atom stereocenters. The van der Waals surface area contributed by atoms with Crippen LogP contribution in [0.2, 0.25) is 0 Å². The van der Waals surface area contributed by atoms with Crippen molar-refractivity contribution in [2.45, 2.75) is 0 Å². The molecule has 0 unspecified atom stereocenters. The zero-order chi connectivity index (χ0) is 14.3. The third kappa shape index (κ3) is 415. The van der Waals surface area contributed by atoms with Crippen molar-refractivity contribution in [3.8, 4) is 0 Å². The van der Waals surface area contributed by atoms with Gasteiger partial charge >= 0.3 is 210 Å². The molecule has 0 saturated carbocycles. The maximum absolute atomic E-state index is 8.60. The first-order valence-electron chi connectivity index (χ1n) is 2.19. The van der Waals surface area contributed by atoms with Crippen LogP contribution < -0.4 is 14.5 Å². The van der Waals surface area contributed by atoms with Crippen molar-refractivity contribution in [1.82, 2.24) is 0 Å². The summed E-state index contributed by atoms with van der Waals surface area (Å²) in [4.78, 5) is 0. The van der Waals surface area contributed by atoms with E-state index in [0.29, 0.717) is 0 Å². The molecule has 0 rings (SSSR count). The van der Waals surface area contributed by atoms with Crippen LogP contribution in [0.1, 0.15) is 0 Å². The summed E-state index contributed by atoms with van der Waals surface area (Å²) in [6.07, 6.45) is 0. The summed E-state index contributed by atoms with van der Waals surface area (Å²) in [5.74, 6) is 0. The smallest absolute Gasteiger partial charge is 2.00 e. The standard InChI is InChI=1S/Ba.4Nb.12O.Sr/q+2;;;;;;;;;;;;;4*-1;+2. The second kappa shape index (κ2) is 33.0. The second-order valence-corrected chi connectivity index (χ2v) is 5.29. The van der Waals surface area contributed by atoms with Crippen molar-refractivity contribution in [3.63, 3.8) is 0 Å². The summed E-state index contributed by atoms with van der Waals surface area (Å²) >= 11 is -16.8. The molecule has 0 aromatic heterocycles. The Labute approximate surface area is 204 Å². The minimum Gasteiger partial charge on any atom is 2.00 e. The van der Waals surface area contributed by atoms with E-state index >= 15 is 0 Å². The van der Waals surface area contributed by atoms with Crippen molar-refractivity contribution < 1.29 is 116 Å². The summed E-state index contributed by atoms with van der Waals surface area (Å²) < 4.78 is 103. The van der Waals surface area contributed by atoms with E-state index < -0.39 is 75.1 Å². The zero-order valence-electron chi connectivity index (χ0n) is 8.10. The van der Waals surface area contributed by atoms with E-state index in [4.69, 9.17) is 40.5 Å². The summed E-state index contributed by atoms with van der Waals surface area (Å²) in [5, 5.41) is 0. The molecule has 0 aliphatic carbocycles. The molecule has 96 valence electrons. The third-order valence-electron chi connectivity index (χ3n) is 0. The Bertz CT molecular complexity index is 298. The molecule has 0 fully saturated rings. The second-order valence-electron chi connectivity index (χ2n) is 0.894. The van der Waals surface area contributed by atoms with Crippen LogP contribution in [0.15, 0.2) is 0 Å². The van der Waals surface area contributed by atoms with E-state index in [-0.39, 0.29) is 94.4 Å². The van der Waals surface area contributed by atoms with Gasteiger partial charge in [-0.15, -0.1) is 0 Å². The summed E-state index contributed by atoms with van der Waals surface area (Å²) in [6.45, 7) is 0. The largest absolute Gasteiger partial charge is 2.00 e. The van der Waals surface area contributed by atoms with Gasteiger partial charge in [0.05, 0.1) is 0 Å². The number of rotatable bonds is 0. The Kier molecular flexibility index (Phi) is 69.8. The number of hydrogen-bond donors (Lipinski definition) is 0. The van der Waals surface area contributed by atoms with Crippen LogP contribution in [0.25, 0.3) is 0 Å². The first-order valence-corrected chi connectivity index (χ1v) is 13.0. The van der Waals surface area contributed by atoms with Crippen LogP contribution in [0.4, 0.5) is 0 Å². The van der Waals surface area contributed by atoms with Gasteiger partial charge in [0, 0.05) is 0 Å². The van der Waals surface area contributed by atoms with E-state index in [1.54, 1.807) is 0 Å². The van der Waals surface area contributed by atoms with E-state index in [1.807, 2.05) is 0 Å². The molecular formula is BaNb4O12Sr. The predicted molar refractivity (Wildman–Crippen MR) is 17.0 cm³/mol. The van der Waals surface area contributed by atoms with Crippen LogP contribution in [0.5, 0.6) is 0 Å². The predicted octanol–water partition coefficient (Wildman–Crippen LogP) is -6.48. The Morgan fingerprint density at radius 2 is 0.444 bits per heavy atom. The van der Waals surface area contributed by atoms with Gasteiger partial charge in [0.15, 0.2) is 0 Å². The topological polar surface area (TPSA) is 229 Å². The van der Waals surface area contributed by atoms with E-state index in [2.05, 4.69) is 0 Å². The number of hydrogen-bond acceptors (Lipinski definition) is 12. The van der Waals surface area contributed by atoms with Gasteiger partial charge < -0.3 is 0 Å². The molecule has 0 bridgehead atoms. The summed E-state index contributed by atoms with van der Waals surface area (Å²) in [7, 11) is 0. The van der Waals surface area contributed by atoms with Crippen molar-refractivity contribution >= 4 is 94.4 Å². The van der Waals surface area contributed by atoms with Gasteiger partial charge in [-0.05, 0) is 0 Å². The Balaban J connectivity index is -0.0000000257. The van der Waals surface area contributed by atoms with Crippen LogP contribution in [-0.2, 0) is 101 Å². The van der Waals surface area contributed by atoms with Crippen molar-refractivity contribution in [1.29, 1.82) is 0 Å². The fourth-order valence-corrected chi connectivity index (χ4v) is 0. The SMILES string of the molecule is [Ba+2].[O]=[Nb](=[O])[O-].[O]=[Nb](=[O])[O-].[O]=[Nb](=[O])[O-].[O]=[Nb](=[O])[O-].[Sr+2]. The molecule has 0 amide bonds. The third-order valence-corrected chi connectivity index (χ3v) is 0. The van der Waals surface area contributed by atoms with Crippen molar-refractivity contribution in [3.05, 3.63) is 0 Å². The molecule has 18 heteroatoms. The first-order chi connectivity index (χ1) is 6.93. The van der Waals surface area contributed by atoms with Crippen LogP contribution in [-0.4, -0.2) is 94.4 Å². The first kappa shape index (κ1) is 38.1. The minimum absolute atomic E-state index is 0. The molecule has 0 aliphatic rings. The maximum Gasteiger partial charge on any atom is 2.00 e. The molecule has 0 saturated heterocycles. The Hall–Kier alpha value is 4.25. The van der Waals surface area contributed by atoms with Crippen molar-refractivity contribution in [2.24, 2.45) is 0 Å². The van der Waals surface area contributed by atoms with Crippen LogP contribution in [0, 0.1) is 0 Å². The fraction of sp³-hybridized carbons (Fsp3) is 0. The minimum atomic E-state index is -4.20. The van der Waals surface area contributed by atoms with E-state index in [0.717, 1.165) is 0 Å². The van der Waals surface area contributed by atoms with Gasteiger partial charge in [0.1, 0.15) is 0 Å². The van der Waals surface area contributed by atoms with Gasteiger partial charge in [-0.3, -0.25) is 0 Å². The average molecular weight is 789 g/mol. The maximum atomic E-state index is 8.60. The fourth-order valence-electron chi connectivity index (χ4n) is 0. The summed E-state index contributed by atoms with van der Waals surface area (Å²) in [5.41, 5.74) is 0. The molecule has 0 aliphatic heterocycles. The molecule has 0 radical (unpaired) electrons. The van der Waals surface area contributed by atoms with Crippen LogP contribution in [0.3, 0.4) is 0 Å². The van der Waals surface area contributed by atoms with Gasteiger partial charge in [-0.2, -0.15) is 0 Å². The zero-order valence-corrected chi connectivity index (χ0v) is 24.8. The molecule has 0 aromatic rings. The van der Waals surface area contributed by atoms with Crippen molar-refractivity contribution in [2.75, 3.05) is 0 Å². The van der Waals surface area contributed by atoms with Gasteiger partial charge in [0.25, 0.3) is 0 Å². The Morgan fingerprint density at radius 1 is 0.444 bits per heavy atom. The van der Waals surface area contributed by atoms with E-state index in [9.17, 15) is 0 Å². The average Bonchev–Trinajstić information content (AvgIpc) is 1.76. The van der Waals surface area contributed by atoms with Gasteiger partial charge in [-0.25, -0.2) is 0 Å². The normalized spacial score (nSPS) is 5.56. The Morgan fingerprint density at radius 3 is 0.444 bits per heavy atom. The molecule has 0 heterocycles. The van der Waals surface area contributed by atoms with Gasteiger partial charge in [0.2, 0.25) is 0 Å². The van der Waals surface area contributed by atoms with Crippen LogP contribution >= 0.6 is 0 Å². The molecular weight excluding hydrogens is 789 g/mol. The monoisotopic (exact) mass is 789 g/mol. The molecule has 0 N–H and O–H groups in total. The molecule has 0 spiro atoms. The molecule has 12 nitrogen and oxygen atoms in total. The van der Waals surface area contributed by atoms with E-state index in [1.165, 1.54) is 0 Å². The quantitative estimate of drug-likeness (QED) is 0.209. The van der Waals surface area contributed by atoms with Gasteiger partial charge in [-0.1, -0.05) is 0 Å². The molecule has 18 heavy (non-hydrogen) atoms.